The Balaban J connectivity index is 1.51. The van der Waals surface area contributed by atoms with Crippen LogP contribution in [-0.4, -0.2) is 67.2 Å². The monoisotopic (exact) mass is 498 g/mol. The number of imidazole rings is 1. The van der Waals surface area contributed by atoms with Crippen LogP contribution in [-0.2, 0) is 32.0 Å². The first kappa shape index (κ1) is 24.8. The van der Waals surface area contributed by atoms with Crippen LogP contribution in [0.2, 0.25) is 0 Å². The molecule has 35 heavy (non-hydrogen) atoms. The molecular weight excluding hydrogens is 468 g/mol. The molecule has 4 rings (SSSR count). The third-order valence-corrected chi connectivity index (χ3v) is 8.04. The first-order valence-electron chi connectivity index (χ1n) is 11.6. The number of carbonyl (C=O) groups is 4. The summed E-state index contributed by atoms with van der Waals surface area (Å²) in [5.74, 6) is -1.17. The molecule has 186 valence electrons. The lowest BCUT2D eigenvalue weighted by molar-refractivity contribution is -0.145. The van der Waals surface area contributed by atoms with Gasteiger partial charge >= 0.3 is 0 Å². The Labute approximate surface area is 207 Å². The third-order valence-electron chi connectivity index (χ3n) is 6.53. The van der Waals surface area contributed by atoms with Gasteiger partial charge in [-0.05, 0) is 25.3 Å². The fourth-order valence-corrected chi connectivity index (χ4v) is 6.16. The molecule has 4 amide bonds. The van der Waals surface area contributed by atoms with Gasteiger partial charge in [-0.15, -0.1) is 11.8 Å². The quantitative estimate of drug-likeness (QED) is 0.395. The predicted octanol–water partition coefficient (Wildman–Crippen LogP) is 0.494. The van der Waals surface area contributed by atoms with Gasteiger partial charge in [0.25, 0.3) is 0 Å². The van der Waals surface area contributed by atoms with Gasteiger partial charge in [0.15, 0.2) is 0 Å². The minimum atomic E-state index is -0.980. The largest absolute Gasteiger partial charge is 0.368 e. The molecule has 1 aromatic heterocycles. The van der Waals surface area contributed by atoms with Crippen molar-refractivity contribution >= 4 is 35.4 Å². The van der Waals surface area contributed by atoms with E-state index in [0.29, 0.717) is 17.9 Å². The Morgan fingerprint density at radius 1 is 1.23 bits per heavy atom. The zero-order chi connectivity index (χ0) is 25.0. The second kappa shape index (κ2) is 10.5. The van der Waals surface area contributed by atoms with Crippen molar-refractivity contribution < 1.29 is 19.2 Å². The van der Waals surface area contributed by atoms with E-state index in [9.17, 15) is 19.2 Å². The molecule has 2 aliphatic rings. The summed E-state index contributed by atoms with van der Waals surface area (Å²) in [5, 5.41) is 5.53. The Bertz CT molecular complexity index is 1080. The van der Waals surface area contributed by atoms with E-state index in [1.165, 1.54) is 6.33 Å². The van der Waals surface area contributed by atoms with Gasteiger partial charge in [-0.2, -0.15) is 0 Å². The average molecular weight is 499 g/mol. The zero-order valence-electron chi connectivity index (χ0n) is 19.5. The van der Waals surface area contributed by atoms with Gasteiger partial charge in [0, 0.05) is 36.9 Å². The lowest BCUT2D eigenvalue weighted by atomic mass is 9.99. The number of hydrogen-bond donors (Lipinski definition) is 4. The second-order valence-electron chi connectivity index (χ2n) is 9.11. The number of nitrogens with one attached hydrogen (secondary N) is 3. The van der Waals surface area contributed by atoms with E-state index in [-0.39, 0.29) is 24.7 Å². The summed E-state index contributed by atoms with van der Waals surface area (Å²) in [6, 6.07) is 6.70. The van der Waals surface area contributed by atoms with Crippen LogP contribution < -0.4 is 16.4 Å². The minimum absolute atomic E-state index is 0.0405. The molecule has 0 spiro atoms. The highest BCUT2D eigenvalue weighted by molar-refractivity contribution is 8.00. The summed E-state index contributed by atoms with van der Waals surface area (Å²) in [4.78, 5) is 59.5. The maximum absolute atomic E-state index is 13.4. The number of nitrogens with zero attached hydrogens (tertiary/aromatic N) is 2. The topological polar surface area (TPSA) is 150 Å². The highest BCUT2D eigenvalue weighted by atomic mass is 32.2. The molecule has 0 aliphatic carbocycles. The molecule has 1 aromatic carbocycles. The molecule has 2 aromatic rings. The van der Waals surface area contributed by atoms with Gasteiger partial charge in [0.1, 0.15) is 18.1 Å². The molecule has 11 heteroatoms. The Hall–Kier alpha value is -3.34. The van der Waals surface area contributed by atoms with Crippen molar-refractivity contribution in [2.45, 2.75) is 62.0 Å². The number of H-pyrrole nitrogens is 1. The average Bonchev–Trinajstić information content (AvgIpc) is 3.46. The minimum Gasteiger partial charge on any atom is -0.368 e. The molecule has 2 unspecified atom stereocenters. The van der Waals surface area contributed by atoms with Crippen LogP contribution >= 0.6 is 11.8 Å². The number of hydrogen-bond acceptors (Lipinski definition) is 6. The normalized spacial score (nSPS) is 23.3. The van der Waals surface area contributed by atoms with Crippen LogP contribution in [0.5, 0.6) is 0 Å². The van der Waals surface area contributed by atoms with Crippen molar-refractivity contribution in [1.82, 2.24) is 25.5 Å². The number of thioether (sulfide) groups is 1. The Morgan fingerprint density at radius 2 is 2.00 bits per heavy atom. The van der Waals surface area contributed by atoms with Gasteiger partial charge < -0.3 is 26.3 Å². The summed E-state index contributed by atoms with van der Waals surface area (Å²) in [5.41, 5.74) is 7.02. The number of rotatable bonds is 9. The van der Waals surface area contributed by atoms with Crippen LogP contribution in [0.25, 0.3) is 0 Å². The van der Waals surface area contributed by atoms with Crippen molar-refractivity contribution in [1.29, 1.82) is 0 Å². The summed E-state index contributed by atoms with van der Waals surface area (Å²) in [6.07, 6.45) is 5.44. The SMILES string of the molecule is C[C@@]12CCCC(=O)N1[C@H](C(=O)NC(Cc1ccccc1)C(=O)NC(Cc1cnc[nH]1)C(N)=O)CS2. The van der Waals surface area contributed by atoms with Gasteiger partial charge in [0.2, 0.25) is 23.6 Å². The number of aromatic nitrogens is 2. The summed E-state index contributed by atoms with van der Waals surface area (Å²) < 4.78 is 0. The smallest absolute Gasteiger partial charge is 0.244 e. The first-order chi connectivity index (χ1) is 16.8. The lowest BCUT2D eigenvalue weighted by Gasteiger charge is -2.40. The molecule has 10 nitrogen and oxygen atoms in total. The van der Waals surface area contributed by atoms with Crippen molar-refractivity contribution in [3.63, 3.8) is 0 Å². The highest BCUT2D eigenvalue weighted by Crippen LogP contribution is 2.45. The van der Waals surface area contributed by atoms with Crippen molar-refractivity contribution in [2.24, 2.45) is 5.73 Å². The number of aromatic amines is 1. The van der Waals surface area contributed by atoms with Crippen molar-refractivity contribution in [3.8, 4) is 0 Å². The van der Waals surface area contributed by atoms with E-state index in [2.05, 4.69) is 20.6 Å². The Morgan fingerprint density at radius 3 is 2.69 bits per heavy atom. The van der Waals surface area contributed by atoms with Crippen LogP contribution in [0.1, 0.15) is 37.4 Å². The fourth-order valence-electron chi connectivity index (χ4n) is 4.68. The number of nitrogens with two attached hydrogens (primary N) is 1. The molecule has 3 heterocycles. The van der Waals surface area contributed by atoms with Crippen molar-refractivity contribution in [2.75, 3.05) is 5.75 Å². The maximum atomic E-state index is 13.4. The van der Waals surface area contributed by atoms with Crippen molar-refractivity contribution in [3.05, 3.63) is 54.1 Å². The molecule has 2 saturated heterocycles. The van der Waals surface area contributed by atoms with E-state index in [1.54, 1.807) is 22.9 Å². The molecule has 4 atom stereocenters. The number of benzene rings is 1. The Kier molecular flexibility index (Phi) is 7.44. The molecule has 2 fully saturated rings. The maximum Gasteiger partial charge on any atom is 0.244 e. The molecule has 2 aliphatic heterocycles. The molecule has 0 radical (unpaired) electrons. The third kappa shape index (κ3) is 5.67. The number of fused-ring (bicyclic) bond motifs is 1. The number of amides is 4. The summed E-state index contributed by atoms with van der Waals surface area (Å²) >= 11 is 1.60. The zero-order valence-corrected chi connectivity index (χ0v) is 20.3. The fraction of sp³-hybridized carbons (Fsp3) is 0.458. The van der Waals surface area contributed by atoms with E-state index in [1.807, 2.05) is 37.3 Å². The van der Waals surface area contributed by atoms with Gasteiger partial charge in [-0.3, -0.25) is 19.2 Å². The highest BCUT2D eigenvalue weighted by Gasteiger charge is 2.51. The number of carbonyl (C=O) groups excluding carboxylic acids is 4. The number of primary amides is 1. The lowest BCUT2D eigenvalue weighted by Crippen LogP contribution is -2.59. The predicted molar refractivity (Wildman–Crippen MR) is 131 cm³/mol. The molecule has 0 bridgehead atoms. The first-order valence-corrected chi connectivity index (χ1v) is 12.6. The van der Waals surface area contributed by atoms with E-state index < -0.39 is 34.8 Å². The molecular formula is C24H30N6O4S. The van der Waals surface area contributed by atoms with Gasteiger partial charge in [-0.1, -0.05) is 30.3 Å². The van der Waals surface area contributed by atoms with E-state index >= 15 is 0 Å². The summed E-state index contributed by atoms with van der Waals surface area (Å²) in [7, 11) is 0. The standard InChI is InChI=1S/C24H30N6O4S/c1-24-9-5-8-20(31)30(24)19(13-35-24)23(34)29-18(10-15-6-3-2-4-7-15)22(33)28-17(21(25)32)11-16-12-26-14-27-16/h2-4,6-7,12,14,17-19H,5,8-11,13H2,1H3,(H2,25,32)(H,26,27)(H,28,33)(H,29,34)/t17?,18?,19-,24+/m0/s1. The second-order valence-corrected chi connectivity index (χ2v) is 10.6. The van der Waals surface area contributed by atoms with Gasteiger partial charge in [-0.25, -0.2) is 4.98 Å². The van der Waals surface area contributed by atoms with Crippen LogP contribution in [0.15, 0.2) is 42.9 Å². The van der Waals surface area contributed by atoms with E-state index in [4.69, 9.17) is 5.73 Å². The molecule has 5 N–H and O–H groups in total. The van der Waals surface area contributed by atoms with Crippen LogP contribution in [0, 0.1) is 0 Å². The van der Waals surface area contributed by atoms with Crippen LogP contribution in [0.3, 0.4) is 0 Å². The van der Waals surface area contributed by atoms with Crippen LogP contribution in [0.4, 0.5) is 0 Å². The molecule has 0 saturated carbocycles. The summed E-state index contributed by atoms with van der Waals surface area (Å²) in [6.45, 7) is 1.99. The number of piperidine rings is 1. The van der Waals surface area contributed by atoms with E-state index in [0.717, 1.165) is 18.4 Å². The van der Waals surface area contributed by atoms with Gasteiger partial charge in [0.05, 0.1) is 11.2 Å².